The Morgan fingerprint density at radius 1 is 0.680 bits per heavy atom. The van der Waals surface area contributed by atoms with Gasteiger partial charge < -0.3 is 4.57 Å². The third-order valence-electron chi connectivity index (χ3n) is 4.54. The van der Waals surface area contributed by atoms with E-state index in [2.05, 4.69) is 70.2 Å². The molecule has 0 saturated carbocycles. The molecule has 0 radical (unpaired) electrons. The summed E-state index contributed by atoms with van der Waals surface area (Å²) in [6, 6.07) is 29.0. The van der Waals surface area contributed by atoms with Crippen LogP contribution in [0.3, 0.4) is 0 Å². The molecule has 25 heavy (non-hydrogen) atoms. The summed E-state index contributed by atoms with van der Waals surface area (Å²) in [5.74, 6) is 0. The highest BCUT2D eigenvalue weighted by atomic mass is 35.5. The van der Waals surface area contributed by atoms with Gasteiger partial charge in [-0.05, 0) is 28.8 Å². The van der Waals surface area contributed by atoms with Gasteiger partial charge in [0.1, 0.15) is 5.54 Å². The van der Waals surface area contributed by atoms with Gasteiger partial charge in [-0.3, -0.25) is 0 Å². The summed E-state index contributed by atoms with van der Waals surface area (Å²) in [5.41, 5.74) is 2.96. The standard InChI is InChI=1S/C22H17ClN2/c23-21-13-11-20(12-14-21)22(25-16-15-24-17-25,18-7-3-1-4-8-18)19-9-5-2-6-10-19/h1-17H. The van der Waals surface area contributed by atoms with Crippen LogP contribution >= 0.6 is 11.6 Å². The number of aromatic nitrogens is 2. The molecule has 0 aliphatic rings. The third kappa shape index (κ3) is 2.65. The molecule has 0 N–H and O–H groups in total. The molecule has 0 atom stereocenters. The van der Waals surface area contributed by atoms with Crippen LogP contribution in [0, 0.1) is 0 Å². The molecule has 2 nitrogen and oxygen atoms in total. The summed E-state index contributed by atoms with van der Waals surface area (Å²) in [6.45, 7) is 0. The topological polar surface area (TPSA) is 17.8 Å². The molecule has 3 heteroatoms. The highest BCUT2D eigenvalue weighted by molar-refractivity contribution is 6.30. The van der Waals surface area contributed by atoms with E-state index in [-0.39, 0.29) is 0 Å². The number of nitrogens with zero attached hydrogens (tertiary/aromatic N) is 2. The van der Waals surface area contributed by atoms with Crippen molar-refractivity contribution in [1.29, 1.82) is 0 Å². The molecule has 4 rings (SSSR count). The smallest absolute Gasteiger partial charge is 0.121 e. The summed E-state index contributed by atoms with van der Waals surface area (Å²) in [7, 11) is 0. The van der Waals surface area contributed by atoms with Crippen molar-refractivity contribution >= 4 is 11.6 Å². The third-order valence-corrected chi connectivity index (χ3v) is 4.79. The zero-order valence-corrected chi connectivity index (χ0v) is 14.3. The number of imidazole rings is 1. The van der Waals surface area contributed by atoms with Crippen LogP contribution in [0.25, 0.3) is 0 Å². The first-order valence-electron chi connectivity index (χ1n) is 8.17. The average Bonchev–Trinajstić information content (AvgIpc) is 3.21. The fraction of sp³-hybridized carbons (Fsp3) is 0.0455. The summed E-state index contributed by atoms with van der Waals surface area (Å²) in [4.78, 5) is 4.32. The molecule has 0 fully saturated rings. The second-order valence-corrected chi connectivity index (χ2v) is 6.36. The van der Waals surface area contributed by atoms with Gasteiger partial charge in [-0.2, -0.15) is 0 Å². The van der Waals surface area contributed by atoms with Crippen molar-refractivity contribution in [3.8, 4) is 0 Å². The van der Waals surface area contributed by atoms with Crippen LogP contribution in [-0.4, -0.2) is 9.55 Å². The van der Waals surface area contributed by atoms with E-state index in [1.807, 2.05) is 43.0 Å². The van der Waals surface area contributed by atoms with Crippen LogP contribution in [0.15, 0.2) is 104 Å². The lowest BCUT2D eigenvalue weighted by Crippen LogP contribution is -2.36. The number of benzene rings is 3. The minimum Gasteiger partial charge on any atom is -0.319 e. The van der Waals surface area contributed by atoms with Crippen molar-refractivity contribution in [2.75, 3.05) is 0 Å². The van der Waals surface area contributed by atoms with Gasteiger partial charge in [-0.15, -0.1) is 0 Å². The summed E-state index contributed by atoms with van der Waals surface area (Å²) in [6.07, 6.45) is 5.69. The van der Waals surface area contributed by atoms with Crippen LogP contribution in [0.1, 0.15) is 16.7 Å². The highest BCUT2D eigenvalue weighted by Crippen LogP contribution is 2.40. The van der Waals surface area contributed by atoms with Gasteiger partial charge >= 0.3 is 0 Å². The van der Waals surface area contributed by atoms with E-state index in [1.54, 1.807) is 0 Å². The number of hydrogen-bond donors (Lipinski definition) is 0. The average molecular weight is 345 g/mol. The Balaban J connectivity index is 2.11. The Morgan fingerprint density at radius 2 is 1.20 bits per heavy atom. The quantitative estimate of drug-likeness (QED) is 0.455. The van der Waals surface area contributed by atoms with Crippen molar-refractivity contribution in [2.45, 2.75) is 5.54 Å². The Hall–Kier alpha value is -2.84. The van der Waals surface area contributed by atoms with E-state index >= 15 is 0 Å². The second-order valence-electron chi connectivity index (χ2n) is 5.92. The molecule has 0 bridgehead atoms. The van der Waals surface area contributed by atoms with Gasteiger partial charge in [0, 0.05) is 17.4 Å². The van der Waals surface area contributed by atoms with Crippen LogP contribution < -0.4 is 0 Å². The molecule has 122 valence electrons. The maximum absolute atomic E-state index is 6.16. The minimum absolute atomic E-state index is 0.510. The van der Waals surface area contributed by atoms with Gasteiger partial charge in [0.15, 0.2) is 0 Å². The summed E-state index contributed by atoms with van der Waals surface area (Å²) in [5, 5.41) is 0.726. The summed E-state index contributed by atoms with van der Waals surface area (Å²) >= 11 is 6.16. The fourth-order valence-corrected chi connectivity index (χ4v) is 3.58. The molecule has 0 saturated heterocycles. The molecule has 1 aromatic heterocycles. The minimum atomic E-state index is -0.510. The van der Waals surface area contributed by atoms with E-state index in [9.17, 15) is 0 Å². The lowest BCUT2D eigenvalue weighted by molar-refractivity contribution is 0.514. The highest BCUT2D eigenvalue weighted by Gasteiger charge is 2.37. The van der Waals surface area contributed by atoms with Crippen molar-refractivity contribution in [1.82, 2.24) is 9.55 Å². The SMILES string of the molecule is Clc1ccc(C(c2ccccc2)(c2ccccc2)n2ccnc2)cc1. The lowest BCUT2D eigenvalue weighted by atomic mass is 9.77. The largest absolute Gasteiger partial charge is 0.319 e. The molecule has 3 aromatic carbocycles. The van der Waals surface area contributed by atoms with Crippen molar-refractivity contribution < 1.29 is 0 Å². The van der Waals surface area contributed by atoms with E-state index in [1.165, 1.54) is 11.1 Å². The van der Waals surface area contributed by atoms with Gasteiger partial charge in [-0.1, -0.05) is 84.4 Å². The zero-order valence-electron chi connectivity index (χ0n) is 13.6. The summed E-state index contributed by atoms with van der Waals surface area (Å²) < 4.78 is 2.15. The predicted molar refractivity (Wildman–Crippen MR) is 102 cm³/mol. The van der Waals surface area contributed by atoms with Gasteiger partial charge in [-0.25, -0.2) is 4.98 Å². The van der Waals surface area contributed by atoms with Gasteiger partial charge in [0.25, 0.3) is 0 Å². The Labute approximate surface area is 152 Å². The van der Waals surface area contributed by atoms with Crippen molar-refractivity contribution in [2.24, 2.45) is 0 Å². The fourth-order valence-electron chi connectivity index (χ4n) is 3.45. The Kier molecular flexibility index (Phi) is 4.12. The van der Waals surface area contributed by atoms with E-state index in [0.717, 1.165) is 10.6 Å². The number of halogens is 1. The molecule has 0 aliphatic heterocycles. The molecule has 1 heterocycles. The van der Waals surface area contributed by atoms with E-state index in [0.29, 0.717) is 0 Å². The first-order valence-corrected chi connectivity index (χ1v) is 8.55. The lowest BCUT2D eigenvalue weighted by Gasteiger charge is -2.37. The number of hydrogen-bond acceptors (Lipinski definition) is 1. The van der Waals surface area contributed by atoms with E-state index < -0.39 is 5.54 Å². The first kappa shape index (κ1) is 15.7. The Morgan fingerprint density at radius 3 is 1.68 bits per heavy atom. The maximum Gasteiger partial charge on any atom is 0.121 e. The molecular formula is C22H17ClN2. The van der Waals surface area contributed by atoms with Crippen LogP contribution in [0.5, 0.6) is 0 Å². The number of rotatable bonds is 4. The Bertz CT molecular complexity index is 891. The zero-order chi connectivity index (χ0) is 17.1. The molecule has 0 spiro atoms. The first-order chi connectivity index (χ1) is 12.3. The van der Waals surface area contributed by atoms with E-state index in [4.69, 9.17) is 11.6 Å². The maximum atomic E-state index is 6.16. The normalized spacial score (nSPS) is 11.4. The van der Waals surface area contributed by atoms with Crippen molar-refractivity contribution in [3.05, 3.63) is 125 Å². The van der Waals surface area contributed by atoms with Gasteiger partial charge in [0.2, 0.25) is 0 Å². The van der Waals surface area contributed by atoms with Crippen molar-refractivity contribution in [3.63, 3.8) is 0 Å². The molecule has 0 unspecified atom stereocenters. The molecule has 0 aliphatic carbocycles. The van der Waals surface area contributed by atoms with Crippen LogP contribution in [0.2, 0.25) is 5.02 Å². The molecule has 0 amide bonds. The predicted octanol–water partition coefficient (Wildman–Crippen LogP) is 5.38. The monoisotopic (exact) mass is 344 g/mol. The molecular weight excluding hydrogens is 328 g/mol. The van der Waals surface area contributed by atoms with Crippen LogP contribution in [0.4, 0.5) is 0 Å². The molecule has 4 aromatic rings. The second kappa shape index (κ2) is 6.58. The van der Waals surface area contributed by atoms with Gasteiger partial charge in [0.05, 0.1) is 6.33 Å². The van der Waals surface area contributed by atoms with Crippen LogP contribution in [-0.2, 0) is 5.54 Å².